The number of aromatic carboxylic acids is 1. The molecule has 1 saturated heterocycles. The molecule has 1 atom stereocenters. The van der Waals surface area contributed by atoms with Gasteiger partial charge in [0.2, 0.25) is 5.76 Å². The topological polar surface area (TPSA) is 62.5 Å². The molecule has 0 saturated carbocycles. The number of carboxylic acids is 1. The van der Waals surface area contributed by atoms with Crippen molar-refractivity contribution in [2.75, 3.05) is 12.3 Å². The number of nitrogens with one attached hydrogen (secondary N) is 1. The number of thioether (sulfide) groups is 1. The minimum atomic E-state index is -1.01. The summed E-state index contributed by atoms with van der Waals surface area (Å²) in [6.45, 7) is 3.47. The molecule has 1 aliphatic heterocycles. The van der Waals surface area contributed by atoms with E-state index in [1.165, 1.54) is 25.0 Å². The second-order valence-electron chi connectivity index (χ2n) is 4.62. The summed E-state index contributed by atoms with van der Waals surface area (Å²) < 4.78 is 5.17. The molecule has 0 amide bonds. The van der Waals surface area contributed by atoms with E-state index in [9.17, 15) is 4.79 Å². The maximum absolute atomic E-state index is 10.8. The Hall–Kier alpha value is -0.940. The maximum Gasteiger partial charge on any atom is 0.371 e. The number of hydrogen-bond acceptors (Lipinski definition) is 4. The molecular weight excluding hydrogens is 250 g/mol. The van der Waals surface area contributed by atoms with Crippen LogP contribution in [0.2, 0.25) is 0 Å². The van der Waals surface area contributed by atoms with Gasteiger partial charge in [0.25, 0.3) is 0 Å². The van der Waals surface area contributed by atoms with Crippen LogP contribution >= 0.6 is 11.8 Å². The highest BCUT2D eigenvalue weighted by Crippen LogP contribution is 2.24. The van der Waals surface area contributed by atoms with Gasteiger partial charge in [-0.1, -0.05) is 6.42 Å². The molecular formula is C13H19NO3S. The first-order chi connectivity index (χ1) is 8.66. The molecule has 1 aliphatic rings. The Labute approximate surface area is 111 Å². The van der Waals surface area contributed by atoms with Crippen molar-refractivity contribution in [3.63, 3.8) is 0 Å². The van der Waals surface area contributed by atoms with E-state index in [1.807, 2.05) is 11.8 Å². The van der Waals surface area contributed by atoms with Gasteiger partial charge in [0.15, 0.2) is 0 Å². The van der Waals surface area contributed by atoms with Crippen LogP contribution in [0.15, 0.2) is 10.5 Å². The van der Waals surface area contributed by atoms with Crippen molar-refractivity contribution in [3.05, 3.63) is 23.2 Å². The predicted molar refractivity (Wildman–Crippen MR) is 72.2 cm³/mol. The molecule has 2 rings (SSSR count). The molecule has 2 N–H and O–H groups in total. The lowest BCUT2D eigenvalue weighted by molar-refractivity contribution is 0.0661. The number of furan rings is 1. The number of rotatable bonds is 5. The first kappa shape index (κ1) is 13.5. The molecule has 0 bridgehead atoms. The number of carbonyl (C=O) groups is 1. The maximum atomic E-state index is 10.8. The minimum Gasteiger partial charge on any atom is -0.475 e. The summed E-state index contributed by atoms with van der Waals surface area (Å²) in [4.78, 5) is 10.8. The minimum absolute atomic E-state index is 0.0244. The van der Waals surface area contributed by atoms with Crippen molar-refractivity contribution in [3.8, 4) is 0 Å². The number of hydrogen-bond donors (Lipinski definition) is 2. The first-order valence-electron chi connectivity index (χ1n) is 6.31. The SMILES string of the molecule is Cc1oc(C(=O)O)cc1CNCC1CCCCS1. The smallest absolute Gasteiger partial charge is 0.371 e. The van der Waals surface area contributed by atoms with Crippen LogP contribution in [-0.4, -0.2) is 28.6 Å². The summed E-state index contributed by atoms with van der Waals surface area (Å²) in [5, 5.41) is 12.9. The molecule has 0 aromatic carbocycles. The van der Waals surface area contributed by atoms with Crippen molar-refractivity contribution in [2.45, 2.75) is 38.0 Å². The predicted octanol–water partition coefficient (Wildman–Crippen LogP) is 2.66. The Balaban J connectivity index is 1.80. The van der Waals surface area contributed by atoms with Gasteiger partial charge in [0, 0.05) is 23.9 Å². The van der Waals surface area contributed by atoms with E-state index in [0.717, 1.165) is 12.1 Å². The standard InChI is InChI=1S/C13H19NO3S/c1-9-10(6-12(17-9)13(15)16)7-14-8-11-4-2-3-5-18-11/h6,11,14H,2-5,7-8H2,1H3,(H,15,16). The summed E-state index contributed by atoms with van der Waals surface area (Å²) in [5.41, 5.74) is 0.938. The Morgan fingerprint density at radius 2 is 2.44 bits per heavy atom. The first-order valence-corrected chi connectivity index (χ1v) is 7.36. The van der Waals surface area contributed by atoms with Crippen molar-refractivity contribution >= 4 is 17.7 Å². The third-order valence-electron chi connectivity index (χ3n) is 3.19. The molecule has 18 heavy (non-hydrogen) atoms. The molecule has 5 heteroatoms. The Bertz CT molecular complexity index is 410. The molecule has 2 heterocycles. The number of aryl methyl sites for hydroxylation is 1. The molecule has 4 nitrogen and oxygen atoms in total. The van der Waals surface area contributed by atoms with E-state index in [2.05, 4.69) is 5.32 Å². The van der Waals surface area contributed by atoms with E-state index in [1.54, 1.807) is 13.0 Å². The van der Waals surface area contributed by atoms with Gasteiger partial charge in [-0.05, 0) is 31.6 Å². The molecule has 0 aliphatic carbocycles. The Morgan fingerprint density at radius 3 is 3.06 bits per heavy atom. The molecule has 1 aromatic heterocycles. The van der Waals surface area contributed by atoms with E-state index in [-0.39, 0.29) is 5.76 Å². The van der Waals surface area contributed by atoms with Gasteiger partial charge in [0.1, 0.15) is 5.76 Å². The fourth-order valence-electron chi connectivity index (χ4n) is 2.14. The second-order valence-corrected chi connectivity index (χ2v) is 6.02. The van der Waals surface area contributed by atoms with Crippen molar-refractivity contribution < 1.29 is 14.3 Å². The highest BCUT2D eigenvalue weighted by molar-refractivity contribution is 7.99. The lowest BCUT2D eigenvalue weighted by Crippen LogP contribution is -2.26. The quantitative estimate of drug-likeness (QED) is 0.860. The van der Waals surface area contributed by atoms with Crippen molar-refractivity contribution in [1.82, 2.24) is 5.32 Å². The van der Waals surface area contributed by atoms with E-state index >= 15 is 0 Å². The van der Waals surface area contributed by atoms with Crippen LogP contribution in [-0.2, 0) is 6.54 Å². The van der Waals surface area contributed by atoms with Gasteiger partial charge in [-0.2, -0.15) is 11.8 Å². The molecule has 1 fully saturated rings. The fraction of sp³-hybridized carbons (Fsp3) is 0.615. The Kier molecular flexibility index (Phi) is 4.72. The highest BCUT2D eigenvalue weighted by atomic mass is 32.2. The van der Waals surface area contributed by atoms with Gasteiger partial charge < -0.3 is 14.8 Å². The monoisotopic (exact) mass is 269 g/mol. The summed E-state index contributed by atoms with van der Waals surface area (Å²) >= 11 is 2.03. The van der Waals surface area contributed by atoms with Gasteiger partial charge in [-0.15, -0.1) is 0 Å². The van der Waals surface area contributed by atoms with Crippen LogP contribution in [0.3, 0.4) is 0 Å². The number of carboxylic acid groups (broad SMARTS) is 1. The fourth-order valence-corrected chi connectivity index (χ4v) is 3.41. The Morgan fingerprint density at radius 1 is 1.61 bits per heavy atom. The molecule has 0 radical (unpaired) electrons. The summed E-state index contributed by atoms with van der Waals surface area (Å²) in [7, 11) is 0. The van der Waals surface area contributed by atoms with Crippen LogP contribution in [0.1, 0.15) is 41.1 Å². The van der Waals surface area contributed by atoms with Crippen molar-refractivity contribution in [2.24, 2.45) is 0 Å². The average Bonchev–Trinajstić information content (AvgIpc) is 2.73. The van der Waals surface area contributed by atoms with Gasteiger partial charge in [0.05, 0.1) is 0 Å². The van der Waals surface area contributed by atoms with E-state index in [0.29, 0.717) is 17.6 Å². The molecule has 100 valence electrons. The summed E-state index contributed by atoms with van der Waals surface area (Å²) in [5.74, 6) is 0.972. The zero-order valence-corrected chi connectivity index (χ0v) is 11.4. The van der Waals surface area contributed by atoms with Crippen LogP contribution in [0.25, 0.3) is 0 Å². The third kappa shape index (κ3) is 3.53. The van der Waals surface area contributed by atoms with Crippen LogP contribution in [0.5, 0.6) is 0 Å². The molecule has 1 unspecified atom stereocenters. The lowest BCUT2D eigenvalue weighted by atomic mass is 10.2. The summed E-state index contributed by atoms with van der Waals surface area (Å²) in [6.07, 6.45) is 3.94. The third-order valence-corrected chi connectivity index (χ3v) is 4.59. The molecule has 0 spiro atoms. The van der Waals surface area contributed by atoms with Crippen molar-refractivity contribution in [1.29, 1.82) is 0 Å². The normalized spacial score (nSPS) is 19.9. The average molecular weight is 269 g/mol. The van der Waals surface area contributed by atoms with Gasteiger partial charge >= 0.3 is 5.97 Å². The largest absolute Gasteiger partial charge is 0.475 e. The molecule has 1 aromatic rings. The second kappa shape index (κ2) is 6.29. The van der Waals surface area contributed by atoms with E-state index in [4.69, 9.17) is 9.52 Å². The van der Waals surface area contributed by atoms with Gasteiger partial charge in [-0.25, -0.2) is 4.79 Å². The lowest BCUT2D eigenvalue weighted by Gasteiger charge is -2.21. The highest BCUT2D eigenvalue weighted by Gasteiger charge is 2.15. The van der Waals surface area contributed by atoms with Gasteiger partial charge in [-0.3, -0.25) is 0 Å². The summed E-state index contributed by atoms with van der Waals surface area (Å²) in [6, 6.07) is 1.61. The van der Waals surface area contributed by atoms with Crippen LogP contribution < -0.4 is 5.32 Å². The zero-order valence-electron chi connectivity index (χ0n) is 10.6. The zero-order chi connectivity index (χ0) is 13.0. The van der Waals surface area contributed by atoms with Crippen LogP contribution in [0.4, 0.5) is 0 Å². The van der Waals surface area contributed by atoms with E-state index < -0.39 is 5.97 Å². The van der Waals surface area contributed by atoms with Crippen LogP contribution in [0, 0.1) is 6.92 Å².